The highest BCUT2D eigenvalue weighted by Crippen LogP contribution is 2.38. The lowest BCUT2D eigenvalue weighted by Gasteiger charge is -2.32. The van der Waals surface area contributed by atoms with Crippen LogP contribution >= 0.6 is 0 Å². The highest BCUT2D eigenvalue weighted by molar-refractivity contribution is 7.89. The van der Waals surface area contributed by atoms with Crippen LogP contribution in [0.15, 0.2) is 23.1 Å². The van der Waals surface area contributed by atoms with Gasteiger partial charge in [0, 0.05) is 30.7 Å². The molecule has 6 nitrogen and oxygen atoms in total. The minimum Gasteiger partial charge on any atom is -0.377 e. The van der Waals surface area contributed by atoms with Crippen molar-refractivity contribution in [1.29, 1.82) is 0 Å². The summed E-state index contributed by atoms with van der Waals surface area (Å²) in [5.41, 5.74) is 1.14. The molecule has 126 valence electrons. The van der Waals surface area contributed by atoms with Gasteiger partial charge in [0.15, 0.2) is 0 Å². The van der Waals surface area contributed by atoms with E-state index in [4.69, 9.17) is 4.74 Å². The molecule has 2 heterocycles. The fourth-order valence-electron chi connectivity index (χ4n) is 3.14. The molecule has 0 bridgehead atoms. The lowest BCUT2D eigenvalue weighted by molar-refractivity contribution is -0.117. The van der Waals surface area contributed by atoms with Gasteiger partial charge in [-0.2, -0.15) is 0 Å². The summed E-state index contributed by atoms with van der Waals surface area (Å²) in [5.74, 6) is -0.0467. The Morgan fingerprint density at radius 2 is 2.17 bits per heavy atom. The first kappa shape index (κ1) is 16.4. The van der Waals surface area contributed by atoms with E-state index in [1.807, 2.05) is 13.8 Å². The molecule has 1 saturated heterocycles. The molecule has 0 radical (unpaired) electrons. The molecular weight excluding hydrogens is 316 g/mol. The Hall–Kier alpha value is -1.44. The maximum absolute atomic E-state index is 12.5. The summed E-state index contributed by atoms with van der Waals surface area (Å²) < 4.78 is 33.1. The minimum absolute atomic E-state index is 0.0434. The number of carbonyl (C=O) groups is 1. The van der Waals surface area contributed by atoms with Crippen LogP contribution in [0.1, 0.15) is 38.7 Å². The second-order valence-electron chi connectivity index (χ2n) is 6.80. The Balaban J connectivity index is 1.84. The fraction of sp³-hybridized carbons (Fsp3) is 0.562. The topological polar surface area (TPSA) is 84.5 Å². The van der Waals surface area contributed by atoms with Crippen molar-refractivity contribution in [2.24, 2.45) is 0 Å². The van der Waals surface area contributed by atoms with E-state index in [-0.39, 0.29) is 16.9 Å². The predicted octanol–water partition coefficient (Wildman–Crippen LogP) is 1.76. The van der Waals surface area contributed by atoms with Crippen molar-refractivity contribution in [3.63, 3.8) is 0 Å². The first-order valence-electron chi connectivity index (χ1n) is 7.84. The van der Waals surface area contributed by atoms with Gasteiger partial charge in [0.25, 0.3) is 0 Å². The molecule has 1 aromatic carbocycles. The molecule has 7 heteroatoms. The number of fused-ring (bicyclic) bond motifs is 1. The standard InChI is InChI=1S/C16H22N2O4S/c1-16(2)9-15(19)18-14-6-5-12(8-13(14)16)23(20,21)17-10-11-4-3-7-22-11/h5-6,8,11,17H,3-4,7,9-10H2,1-2H3,(H,18,19)/t11-/m0/s1. The lowest BCUT2D eigenvalue weighted by atomic mass is 9.78. The van der Waals surface area contributed by atoms with Crippen LogP contribution in [-0.2, 0) is 25.0 Å². The monoisotopic (exact) mass is 338 g/mol. The Labute approximate surface area is 136 Å². The van der Waals surface area contributed by atoms with Crippen LogP contribution in [0.4, 0.5) is 5.69 Å². The molecule has 2 aliphatic heterocycles. The van der Waals surface area contributed by atoms with Gasteiger partial charge in [-0.1, -0.05) is 13.8 Å². The smallest absolute Gasteiger partial charge is 0.240 e. The normalized spacial score (nSPS) is 23.4. The number of anilines is 1. The van der Waals surface area contributed by atoms with Gasteiger partial charge in [0.05, 0.1) is 11.0 Å². The molecule has 1 aromatic rings. The first-order valence-corrected chi connectivity index (χ1v) is 9.32. The summed E-state index contributed by atoms with van der Waals surface area (Å²) in [4.78, 5) is 11.9. The van der Waals surface area contributed by atoms with Crippen molar-refractivity contribution in [3.05, 3.63) is 23.8 Å². The highest BCUT2D eigenvalue weighted by atomic mass is 32.2. The third kappa shape index (κ3) is 3.41. The number of amides is 1. The summed E-state index contributed by atoms with van der Waals surface area (Å²) in [6.07, 6.45) is 2.15. The summed E-state index contributed by atoms with van der Waals surface area (Å²) in [5, 5.41) is 2.80. The van der Waals surface area contributed by atoms with Crippen molar-refractivity contribution in [3.8, 4) is 0 Å². The Morgan fingerprint density at radius 1 is 1.39 bits per heavy atom. The molecule has 1 atom stereocenters. The van der Waals surface area contributed by atoms with Gasteiger partial charge >= 0.3 is 0 Å². The second kappa shape index (κ2) is 5.89. The Bertz CT molecular complexity index is 722. The number of benzene rings is 1. The zero-order valence-corrected chi connectivity index (χ0v) is 14.2. The number of sulfonamides is 1. The van der Waals surface area contributed by atoms with E-state index < -0.39 is 15.4 Å². The summed E-state index contributed by atoms with van der Waals surface area (Å²) >= 11 is 0. The van der Waals surface area contributed by atoms with Crippen LogP contribution in [0.5, 0.6) is 0 Å². The first-order chi connectivity index (χ1) is 10.8. The van der Waals surface area contributed by atoms with E-state index in [9.17, 15) is 13.2 Å². The maximum Gasteiger partial charge on any atom is 0.240 e. The van der Waals surface area contributed by atoms with E-state index in [0.29, 0.717) is 25.3 Å². The van der Waals surface area contributed by atoms with E-state index in [0.717, 1.165) is 18.4 Å². The number of nitrogens with one attached hydrogen (secondary N) is 2. The number of ether oxygens (including phenoxy) is 1. The van der Waals surface area contributed by atoms with Crippen LogP contribution in [0.2, 0.25) is 0 Å². The molecule has 3 rings (SSSR count). The predicted molar refractivity (Wildman–Crippen MR) is 86.9 cm³/mol. The molecule has 2 aliphatic rings. The van der Waals surface area contributed by atoms with Gasteiger partial charge < -0.3 is 10.1 Å². The summed E-state index contributed by atoms with van der Waals surface area (Å²) in [6, 6.07) is 4.85. The van der Waals surface area contributed by atoms with E-state index in [1.54, 1.807) is 12.1 Å². The second-order valence-corrected chi connectivity index (χ2v) is 8.57. The van der Waals surface area contributed by atoms with E-state index in [2.05, 4.69) is 10.0 Å². The van der Waals surface area contributed by atoms with Crippen molar-refractivity contribution in [2.75, 3.05) is 18.5 Å². The summed E-state index contributed by atoms with van der Waals surface area (Å²) in [7, 11) is -3.59. The molecule has 1 fully saturated rings. The average Bonchev–Trinajstić information content (AvgIpc) is 2.97. The van der Waals surface area contributed by atoms with E-state index in [1.165, 1.54) is 6.07 Å². The zero-order chi connectivity index (χ0) is 16.7. The third-order valence-electron chi connectivity index (χ3n) is 4.43. The molecule has 0 spiro atoms. The largest absolute Gasteiger partial charge is 0.377 e. The van der Waals surface area contributed by atoms with Crippen molar-refractivity contribution < 1.29 is 17.9 Å². The number of carbonyl (C=O) groups excluding carboxylic acids is 1. The van der Waals surface area contributed by atoms with Crippen LogP contribution in [0.3, 0.4) is 0 Å². The molecule has 0 aromatic heterocycles. The van der Waals surface area contributed by atoms with Gasteiger partial charge in [-0.05, 0) is 36.6 Å². The average molecular weight is 338 g/mol. The van der Waals surface area contributed by atoms with Crippen molar-refractivity contribution in [1.82, 2.24) is 4.72 Å². The molecule has 2 N–H and O–H groups in total. The Kier molecular flexibility index (Phi) is 4.20. The summed E-state index contributed by atoms with van der Waals surface area (Å²) in [6.45, 7) is 4.88. The van der Waals surface area contributed by atoms with Crippen LogP contribution in [-0.4, -0.2) is 33.6 Å². The van der Waals surface area contributed by atoms with Crippen LogP contribution in [0, 0.1) is 0 Å². The molecule has 23 heavy (non-hydrogen) atoms. The molecule has 1 amide bonds. The van der Waals surface area contributed by atoms with Gasteiger partial charge in [0.2, 0.25) is 15.9 Å². The minimum atomic E-state index is -3.59. The molecule has 0 aliphatic carbocycles. The van der Waals surface area contributed by atoms with Crippen LogP contribution in [0.25, 0.3) is 0 Å². The molecule has 0 saturated carbocycles. The van der Waals surface area contributed by atoms with Gasteiger partial charge in [-0.25, -0.2) is 13.1 Å². The van der Waals surface area contributed by atoms with E-state index >= 15 is 0 Å². The SMILES string of the molecule is CC1(C)CC(=O)Nc2ccc(S(=O)(=O)NC[C@@H]3CCCO3)cc21. The number of rotatable bonds is 4. The third-order valence-corrected chi connectivity index (χ3v) is 5.85. The van der Waals surface area contributed by atoms with Gasteiger partial charge in [-0.15, -0.1) is 0 Å². The van der Waals surface area contributed by atoms with Crippen molar-refractivity contribution in [2.45, 2.75) is 49.5 Å². The van der Waals surface area contributed by atoms with Gasteiger partial charge in [-0.3, -0.25) is 4.79 Å². The number of hydrogen-bond donors (Lipinski definition) is 2. The number of hydrogen-bond acceptors (Lipinski definition) is 4. The highest BCUT2D eigenvalue weighted by Gasteiger charge is 2.33. The fourth-order valence-corrected chi connectivity index (χ4v) is 4.23. The quantitative estimate of drug-likeness (QED) is 0.876. The zero-order valence-electron chi connectivity index (χ0n) is 13.4. The maximum atomic E-state index is 12.5. The van der Waals surface area contributed by atoms with Gasteiger partial charge in [0.1, 0.15) is 0 Å². The Morgan fingerprint density at radius 3 is 2.87 bits per heavy atom. The lowest BCUT2D eigenvalue weighted by Crippen LogP contribution is -2.34. The van der Waals surface area contributed by atoms with Crippen LogP contribution < -0.4 is 10.0 Å². The van der Waals surface area contributed by atoms with Crippen molar-refractivity contribution >= 4 is 21.6 Å². The molecular formula is C16H22N2O4S. The molecule has 0 unspecified atom stereocenters.